The molecule has 0 N–H and O–H groups in total. The Labute approximate surface area is 359 Å². The average molecular weight is 795 g/mol. The highest BCUT2D eigenvalue weighted by molar-refractivity contribution is 7.99. The fourth-order valence-corrected chi connectivity index (χ4v) is 11.2. The van der Waals surface area contributed by atoms with Crippen molar-refractivity contribution >= 4 is 80.0 Å². The number of hydrogen-bond acceptors (Lipinski definition) is 4. The van der Waals surface area contributed by atoms with E-state index in [0.717, 1.165) is 34.0 Å². The first-order valence-electron chi connectivity index (χ1n) is 20.8. The first-order chi connectivity index (χ1) is 30.3. The first-order valence-corrected chi connectivity index (χ1v) is 21.7. The number of hydrogen-bond donors (Lipinski definition) is 0. The highest BCUT2D eigenvalue weighted by atomic mass is 32.2. The Morgan fingerprint density at radius 3 is 1.66 bits per heavy atom. The van der Waals surface area contributed by atoms with Crippen molar-refractivity contribution in [2.24, 2.45) is 0 Å². The number of benzene rings is 9. The van der Waals surface area contributed by atoms with Crippen LogP contribution in [0.3, 0.4) is 0 Å². The number of imidazole rings is 1. The molecule has 10 aromatic rings. The Kier molecular flexibility index (Phi) is 7.60. The van der Waals surface area contributed by atoms with Crippen molar-refractivity contribution in [2.75, 3.05) is 9.80 Å². The molecule has 3 aliphatic heterocycles. The molecule has 0 unspecified atom stereocenters. The summed E-state index contributed by atoms with van der Waals surface area (Å²) in [5.41, 5.74) is 19.9. The lowest BCUT2D eigenvalue weighted by Crippen LogP contribution is -2.60. The van der Waals surface area contributed by atoms with Crippen LogP contribution in [0.4, 0.5) is 34.1 Å². The number of fused-ring (bicyclic) bond motifs is 8. The molecule has 0 spiro atoms. The fraction of sp³-hybridized carbons (Fsp3) is 0. The van der Waals surface area contributed by atoms with Gasteiger partial charge in [0.05, 0.1) is 22.4 Å². The minimum atomic E-state index is -0.0108. The summed E-state index contributed by atoms with van der Waals surface area (Å²) in [5.74, 6) is 0.960. The minimum Gasteiger partial charge on any atom is -0.310 e. The number of para-hydroxylation sites is 4. The van der Waals surface area contributed by atoms with Crippen LogP contribution in [0.5, 0.6) is 0 Å². The van der Waals surface area contributed by atoms with Crippen LogP contribution in [0.2, 0.25) is 0 Å². The summed E-state index contributed by atoms with van der Waals surface area (Å²) in [6, 6.07) is 77.6. The van der Waals surface area contributed by atoms with Gasteiger partial charge in [0.1, 0.15) is 5.82 Å². The van der Waals surface area contributed by atoms with E-state index < -0.39 is 0 Å². The Morgan fingerprint density at radius 2 is 0.984 bits per heavy atom. The van der Waals surface area contributed by atoms with Gasteiger partial charge in [0.25, 0.3) is 6.71 Å². The van der Waals surface area contributed by atoms with Gasteiger partial charge in [-0.25, -0.2) is 4.98 Å². The second kappa shape index (κ2) is 13.5. The van der Waals surface area contributed by atoms with Crippen molar-refractivity contribution in [2.45, 2.75) is 9.79 Å². The summed E-state index contributed by atoms with van der Waals surface area (Å²) in [6.07, 6.45) is 0. The van der Waals surface area contributed by atoms with E-state index in [-0.39, 0.29) is 6.71 Å². The molecule has 1 aromatic heterocycles. The van der Waals surface area contributed by atoms with Gasteiger partial charge in [-0.3, -0.25) is 4.57 Å². The molecule has 61 heavy (non-hydrogen) atoms. The maximum absolute atomic E-state index is 5.36. The number of nitrogens with zero attached hydrogens (tertiary/aromatic N) is 4. The van der Waals surface area contributed by atoms with Crippen LogP contribution in [-0.2, 0) is 0 Å². The monoisotopic (exact) mass is 794 g/mol. The molecule has 4 heterocycles. The molecule has 0 radical (unpaired) electrons. The zero-order chi connectivity index (χ0) is 40.0. The summed E-state index contributed by atoms with van der Waals surface area (Å²) in [5, 5.41) is 0. The molecule has 0 amide bonds. The molecule has 284 valence electrons. The lowest BCUT2D eigenvalue weighted by atomic mass is 9.34. The molecule has 2 bridgehead atoms. The van der Waals surface area contributed by atoms with Crippen LogP contribution >= 0.6 is 11.8 Å². The van der Waals surface area contributed by atoms with Crippen LogP contribution in [0.25, 0.3) is 50.4 Å². The van der Waals surface area contributed by atoms with E-state index in [1.807, 2.05) is 11.8 Å². The van der Waals surface area contributed by atoms with Gasteiger partial charge in [-0.05, 0) is 82.1 Å². The largest absolute Gasteiger partial charge is 0.310 e. The topological polar surface area (TPSA) is 24.3 Å². The summed E-state index contributed by atoms with van der Waals surface area (Å²) in [7, 11) is 0. The van der Waals surface area contributed by atoms with Gasteiger partial charge >= 0.3 is 0 Å². The van der Waals surface area contributed by atoms with Crippen LogP contribution in [0, 0.1) is 0 Å². The van der Waals surface area contributed by atoms with E-state index in [4.69, 9.17) is 4.98 Å². The maximum atomic E-state index is 5.36. The quantitative estimate of drug-likeness (QED) is 0.166. The summed E-state index contributed by atoms with van der Waals surface area (Å²) >= 11 is 1.85. The molecule has 0 atom stereocenters. The van der Waals surface area contributed by atoms with Crippen LogP contribution in [0.1, 0.15) is 0 Å². The average Bonchev–Trinajstić information content (AvgIpc) is 3.73. The zero-order valence-corrected chi connectivity index (χ0v) is 33.8. The van der Waals surface area contributed by atoms with Gasteiger partial charge in [-0.15, -0.1) is 0 Å². The third kappa shape index (κ3) is 5.12. The Bertz CT molecular complexity index is 3350. The number of anilines is 6. The smallest absolute Gasteiger partial charge is 0.252 e. The van der Waals surface area contributed by atoms with Gasteiger partial charge in [0.2, 0.25) is 0 Å². The molecule has 6 heteroatoms. The molecular weight excluding hydrogens is 760 g/mol. The van der Waals surface area contributed by atoms with Crippen molar-refractivity contribution in [3.8, 4) is 39.3 Å². The van der Waals surface area contributed by atoms with E-state index in [1.165, 1.54) is 76.7 Å². The minimum absolute atomic E-state index is 0.0108. The lowest BCUT2D eigenvalue weighted by molar-refractivity contribution is 1.10. The van der Waals surface area contributed by atoms with E-state index in [0.29, 0.717) is 0 Å². The summed E-state index contributed by atoms with van der Waals surface area (Å²) in [4.78, 5) is 12.8. The second-order valence-corrected chi connectivity index (χ2v) is 17.0. The Morgan fingerprint density at radius 1 is 0.410 bits per heavy atom. The SMILES string of the molecule is c1ccc(-c2cccc3c2N(c2ccccc2)c2ccc4c(c2)N(c2cccc5c2B4c2cccc4nc(-c6ccccc6)n-5c24)c2c(cccc2-c2ccccc2)S3)cc1. The summed E-state index contributed by atoms with van der Waals surface area (Å²) in [6.45, 7) is -0.0108. The van der Waals surface area contributed by atoms with E-state index >= 15 is 0 Å². The highest BCUT2D eigenvalue weighted by Gasteiger charge is 2.43. The molecular formula is C55H35BN4S. The van der Waals surface area contributed by atoms with Crippen LogP contribution < -0.4 is 26.2 Å². The third-order valence-electron chi connectivity index (χ3n) is 12.6. The maximum Gasteiger partial charge on any atom is 0.252 e. The third-order valence-corrected chi connectivity index (χ3v) is 13.7. The first kappa shape index (κ1) is 34.3. The van der Waals surface area contributed by atoms with Gasteiger partial charge in [0, 0.05) is 54.9 Å². The molecule has 4 nitrogen and oxygen atoms in total. The number of aromatic nitrogens is 2. The predicted molar refractivity (Wildman–Crippen MR) is 256 cm³/mol. The van der Waals surface area contributed by atoms with Gasteiger partial charge < -0.3 is 9.80 Å². The summed E-state index contributed by atoms with van der Waals surface area (Å²) < 4.78 is 2.42. The van der Waals surface area contributed by atoms with Crippen LogP contribution in [0.15, 0.2) is 222 Å². The normalized spacial score (nSPS) is 13.1. The van der Waals surface area contributed by atoms with Gasteiger partial charge in [-0.2, -0.15) is 0 Å². The van der Waals surface area contributed by atoms with E-state index in [2.05, 4.69) is 227 Å². The van der Waals surface area contributed by atoms with Crippen molar-refractivity contribution in [3.63, 3.8) is 0 Å². The Hall–Kier alpha value is -7.54. The second-order valence-electron chi connectivity index (χ2n) is 15.9. The van der Waals surface area contributed by atoms with Crippen molar-refractivity contribution < 1.29 is 0 Å². The highest BCUT2D eigenvalue weighted by Crippen LogP contribution is 2.55. The molecule has 0 aliphatic carbocycles. The molecule has 0 fully saturated rings. The lowest BCUT2D eigenvalue weighted by Gasteiger charge is -2.42. The van der Waals surface area contributed by atoms with Crippen LogP contribution in [-0.4, -0.2) is 16.3 Å². The van der Waals surface area contributed by atoms with Crippen molar-refractivity contribution in [1.29, 1.82) is 0 Å². The number of rotatable bonds is 4. The fourth-order valence-electron chi connectivity index (χ4n) is 10.1. The molecule has 3 aliphatic rings. The molecule has 9 aromatic carbocycles. The van der Waals surface area contributed by atoms with E-state index in [9.17, 15) is 0 Å². The Balaban J connectivity index is 1.17. The molecule has 0 saturated heterocycles. The molecule has 0 saturated carbocycles. The standard InChI is InChI=1S/C55H35BN4S/c1-5-17-36(18-6-1)41-25-13-31-49-52(41)58(39-23-11-4-12-24-39)40-33-34-43-48(35-40)59(53-42(26-14-32-50(53)61-49)37-19-7-2-8-20-37)46-29-16-30-47-51(46)56(43)44-27-15-28-45-54(44)60(47)55(57-45)38-21-9-3-10-22-38/h1-35H. The van der Waals surface area contributed by atoms with Crippen molar-refractivity contribution in [3.05, 3.63) is 212 Å². The predicted octanol–water partition coefficient (Wildman–Crippen LogP) is 12.6. The van der Waals surface area contributed by atoms with Gasteiger partial charge in [-0.1, -0.05) is 169 Å². The molecule has 13 rings (SSSR count). The van der Waals surface area contributed by atoms with Crippen molar-refractivity contribution in [1.82, 2.24) is 9.55 Å². The zero-order valence-electron chi connectivity index (χ0n) is 33.0. The van der Waals surface area contributed by atoms with E-state index in [1.54, 1.807) is 0 Å². The van der Waals surface area contributed by atoms with Gasteiger partial charge in [0.15, 0.2) is 0 Å².